The molecule has 4 aromatic rings. The molecular formula is C29H25NO4. The van der Waals surface area contributed by atoms with Crippen molar-refractivity contribution in [1.29, 1.82) is 0 Å². The van der Waals surface area contributed by atoms with Gasteiger partial charge in [-0.25, -0.2) is 4.79 Å². The highest BCUT2D eigenvalue weighted by Crippen LogP contribution is 2.41. The number of aromatic nitrogens is 1. The number of ether oxygens (including phenoxy) is 1. The second-order valence-electron chi connectivity index (χ2n) is 9.16. The maximum atomic E-state index is 11.2. The number of aromatic hydroxyl groups is 1. The fraction of sp³-hybridized carbons (Fsp3) is 0.138. The van der Waals surface area contributed by atoms with Crippen LogP contribution in [-0.2, 0) is 0 Å². The van der Waals surface area contributed by atoms with Gasteiger partial charge >= 0.3 is 5.97 Å². The zero-order chi connectivity index (χ0) is 24.0. The molecule has 2 heterocycles. The molecule has 0 atom stereocenters. The molecular weight excluding hydrogens is 426 g/mol. The second kappa shape index (κ2) is 7.96. The quantitative estimate of drug-likeness (QED) is 0.324. The molecule has 5 nitrogen and oxygen atoms in total. The highest BCUT2D eigenvalue weighted by atomic mass is 16.5. The van der Waals surface area contributed by atoms with Gasteiger partial charge in [-0.1, -0.05) is 35.9 Å². The predicted molar refractivity (Wildman–Crippen MR) is 133 cm³/mol. The van der Waals surface area contributed by atoms with E-state index >= 15 is 0 Å². The van der Waals surface area contributed by atoms with Gasteiger partial charge in [-0.3, -0.25) is 0 Å². The SMILES string of the molecule is Cc1ccc(C2=CC(C)(C)Oc3ccc(-c4ccc(-c5ccc(C(=O)O)c(O)c5)[nH]4)cc32)cc1. The van der Waals surface area contributed by atoms with Crippen LogP contribution in [0.2, 0.25) is 0 Å². The van der Waals surface area contributed by atoms with E-state index in [2.05, 4.69) is 62.2 Å². The minimum atomic E-state index is -1.16. The van der Waals surface area contributed by atoms with Crippen molar-refractivity contribution in [1.82, 2.24) is 4.98 Å². The Morgan fingerprint density at radius 3 is 2.12 bits per heavy atom. The lowest BCUT2D eigenvalue weighted by Crippen LogP contribution is -2.29. The van der Waals surface area contributed by atoms with Crippen molar-refractivity contribution in [2.75, 3.05) is 0 Å². The molecule has 0 spiro atoms. The van der Waals surface area contributed by atoms with Gasteiger partial charge in [0, 0.05) is 22.5 Å². The van der Waals surface area contributed by atoms with Gasteiger partial charge in [-0.2, -0.15) is 0 Å². The van der Waals surface area contributed by atoms with Crippen LogP contribution in [0.1, 0.15) is 40.9 Å². The van der Waals surface area contributed by atoms with Crippen molar-refractivity contribution >= 4 is 11.5 Å². The van der Waals surface area contributed by atoms with E-state index in [0.29, 0.717) is 5.56 Å². The molecule has 5 rings (SSSR count). The van der Waals surface area contributed by atoms with E-state index in [1.807, 2.05) is 24.3 Å². The summed E-state index contributed by atoms with van der Waals surface area (Å²) in [5.74, 6) is -0.580. The van der Waals surface area contributed by atoms with Gasteiger partial charge in [0.05, 0.1) is 0 Å². The summed E-state index contributed by atoms with van der Waals surface area (Å²) in [7, 11) is 0. The smallest absolute Gasteiger partial charge is 0.339 e. The number of H-pyrrole nitrogens is 1. The number of carboxylic acid groups (broad SMARTS) is 1. The summed E-state index contributed by atoms with van der Waals surface area (Å²) in [5, 5.41) is 19.2. The fourth-order valence-corrected chi connectivity index (χ4v) is 4.32. The van der Waals surface area contributed by atoms with E-state index in [0.717, 1.165) is 39.4 Å². The van der Waals surface area contributed by atoms with Crippen molar-refractivity contribution in [2.24, 2.45) is 0 Å². The maximum Gasteiger partial charge on any atom is 0.339 e. The first-order valence-corrected chi connectivity index (χ1v) is 11.1. The molecule has 3 N–H and O–H groups in total. The summed E-state index contributed by atoms with van der Waals surface area (Å²) in [6.45, 7) is 6.19. The molecule has 5 heteroatoms. The summed E-state index contributed by atoms with van der Waals surface area (Å²) in [6.07, 6.45) is 2.16. The third-order valence-corrected chi connectivity index (χ3v) is 6.03. The van der Waals surface area contributed by atoms with E-state index in [4.69, 9.17) is 9.84 Å². The van der Waals surface area contributed by atoms with Crippen LogP contribution in [0.3, 0.4) is 0 Å². The number of hydrogen-bond donors (Lipinski definition) is 3. The molecule has 0 saturated carbocycles. The molecule has 170 valence electrons. The molecule has 0 radical (unpaired) electrons. The molecule has 3 aromatic carbocycles. The van der Waals surface area contributed by atoms with Crippen LogP contribution in [-0.4, -0.2) is 26.8 Å². The molecule has 0 fully saturated rings. The van der Waals surface area contributed by atoms with E-state index < -0.39 is 11.6 Å². The molecule has 0 saturated heterocycles. The average molecular weight is 452 g/mol. The van der Waals surface area contributed by atoms with Crippen LogP contribution in [0.4, 0.5) is 0 Å². The summed E-state index contributed by atoms with van der Waals surface area (Å²) < 4.78 is 6.24. The van der Waals surface area contributed by atoms with Gasteiger partial charge in [-0.05, 0) is 86.0 Å². The number of carbonyl (C=O) groups is 1. The topological polar surface area (TPSA) is 82.6 Å². The summed E-state index contributed by atoms with van der Waals surface area (Å²) in [5.41, 5.74) is 7.37. The largest absolute Gasteiger partial charge is 0.507 e. The Morgan fingerprint density at radius 2 is 1.47 bits per heavy atom. The Balaban J connectivity index is 1.54. The minimum absolute atomic E-state index is 0.122. The van der Waals surface area contributed by atoms with Crippen molar-refractivity contribution in [3.05, 3.63) is 101 Å². The van der Waals surface area contributed by atoms with E-state index in [1.165, 1.54) is 17.7 Å². The van der Waals surface area contributed by atoms with Gasteiger partial charge in [0.2, 0.25) is 0 Å². The normalized spacial score (nSPS) is 14.1. The van der Waals surface area contributed by atoms with Crippen molar-refractivity contribution in [3.8, 4) is 34.0 Å². The lowest BCUT2D eigenvalue weighted by Gasteiger charge is -2.31. The first-order valence-electron chi connectivity index (χ1n) is 11.1. The monoisotopic (exact) mass is 451 g/mol. The molecule has 0 amide bonds. The second-order valence-corrected chi connectivity index (χ2v) is 9.16. The molecule has 1 aromatic heterocycles. The number of aromatic carboxylic acids is 1. The van der Waals surface area contributed by atoms with Gasteiger partial charge in [0.15, 0.2) is 0 Å². The number of aryl methyl sites for hydroxylation is 1. The summed E-state index contributed by atoms with van der Waals surface area (Å²) in [4.78, 5) is 14.6. The maximum absolute atomic E-state index is 11.2. The number of aromatic amines is 1. The molecule has 1 aliphatic rings. The summed E-state index contributed by atoms with van der Waals surface area (Å²) in [6, 6.07) is 23.1. The summed E-state index contributed by atoms with van der Waals surface area (Å²) >= 11 is 0. The first-order chi connectivity index (χ1) is 16.2. The zero-order valence-electron chi connectivity index (χ0n) is 19.2. The van der Waals surface area contributed by atoms with Crippen LogP contribution in [0, 0.1) is 6.92 Å². The average Bonchev–Trinajstić information content (AvgIpc) is 3.28. The fourth-order valence-electron chi connectivity index (χ4n) is 4.32. The molecule has 0 unspecified atom stereocenters. The number of benzene rings is 3. The predicted octanol–water partition coefficient (Wildman–Crippen LogP) is 6.66. The Morgan fingerprint density at radius 1 is 0.853 bits per heavy atom. The Hall–Kier alpha value is -4.25. The van der Waals surface area contributed by atoms with Gasteiger partial charge < -0.3 is 19.9 Å². The van der Waals surface area contributed by atoms with Gasteiger partial charge in [0.25, 0.3) is 0 Å². The number of fused-ring (bicyclic) bond motifs is 1. The van der Waals surface area contributed by atoms with E-state index in [1.54, 1.807) is 6.07 Å². The van der Waals surface area contributed by atoms with Crippen LogP contribution < -0.4 is 4.74 Å². The standard InChI is InChI=1S/C29H25NO4/c1-17-4-6-18(7-5-17)23-16-29(2,3)34-27-13-9-19(14-22(23)27)24-11-12-25(30-24)20-8-10-21(28(32)33)26(31)15-20/h4-16,30-31H,1-3H3,(H,32,33). The number of hydrogen-bond acceptors (Lipinski definition) is 3. The molecule has 34 heavy (non-hydrogen) atoms. The number of rotatable bonds is 4. The number of carboxylic acids is 1. The molecule has 1 aliphatic heterocycles. The van der Waals surface area contributed by atoms with E-state index in [9.17, 15) is 9.90 Å². The third kappa shape index (κ3) is 3.97. The molecule has 0 aliphatic carbocycles. The number of nitrogens with one attached hydrogen (secondary N) is 1. The van der Waals surface area contributed by atoms with Crippen LogP contribution in [0.5, 0.6) is 11.5 Å². The minimum Gasteiger partial charge on any atom is -0.507 e. The highest BCUT2D eigenvalue weighted by molar-refractivity contribution is 5.92. The van der Waals surface area contributed by atoms with Crippen molar-refractivity contribution < 1.29 is 19.7 Å². The van der Waals surface area contributed by atoms with Crippen LogP contribution in [0.15, 0.2) is 78.9 Å². The van der Waals surface area contributed by atoms with E-state index in [-0.39, 0.29) is 11.3 Å². The van der Waals surface area contributed by atoms with Gasteiger partial charge in [0.1, 0.15) is 22.7 Å². The highest BCUT2D eigenvalue weighted by Gasteiger charge is 2.27. The molecule has 0 bridgehead atoms. The Bertz CT molecular complexity index is 1440. The Kier molecular flexibility index (Phi) is 5.05. The van der Waals surface area contributed by atoms with Gasteiger partial charge in [-0.15, -0.1) is 0 Å². The zero-order valence-corrected chi connectivity index (χ0v) is 19.2. The third-order valence-electron chi connectivity index (χ3n) is 6.03. The first kappa shape index (κ1) is 21.6. The Labute approximate surface area is 198 Å². The van der Waals surface area contributed by atoms with Crippen LogP contribution >= 0.6 is 0 Å². The lowest BCUT2D eigenvalue weighted by atomic mass is 9.88. The lowest BCUT2D eigenvalue weighted by molar-refractivity contribution is 0.0693. The van der Waals surface area contributed by atoms with Crippen molar-refractivity contribution in [2.45, 2.75) is 26.4 Å². The van der Waals surface area contributed by atoms with Crippen molar-refractivity contribution in [3.63, 3.8) is 0 Å². The number of phenols is 1. The van der Waals surface area contributed by atoms with Crippen LogP contribution in [0.25, 0.3) is 28.1 Å².